The number of carbonyl (C=O) groups excluding carboxylic acids is 1. The number of halogens is 1. The zero-order valence-electron chi connectivity index (χ0n) is 11.4. The van der Waals surface area contributed by atoms with Crippen molar-refractivity contribution in [3.05, 3.63) is 29.0 Å². The van der Waals surface area contributed by atoms with E-state index in [1.807, 2.05) is 32.9 Å². The smallest absolute Gasteiger partial charge is 0.407 e. The van der Waals surface area contributed by atoms with Crippen LogP contribution in [0.1, 0.15) is 26.3 Å². The van der Waals surface area contributed by atoms with Gasteiger partial charge in [-0.2, -0.15) is 11.8 Å². The maximum absolute atomic E-state index is 11.4. The minimum atomic E-state index is -0.453. The Morgan fingerprint density at radius 2 is 2.26 bits per heavy atom. The zero-order valence-corrected chi connectivity index (χ0v) is 13.0. The van der Waals surface area contributed by atoms with Gasteiger partial charge < -0.3 is 10.1 Å². The lowest BCUT2D eigenvalue weighted by Crippen LogP contribution is -2.33. The fourth-order valence-electron chi connectivity index (χ4n) is 1.26. The molecule has 1 rings (SSSR count). The zero-order chi connectivity index (χ0) is 14.3. The summed E-state index contributed by atoms with van der Waals surface area (Å²) in [5.74, 6) is 1.66. The summed E-state index contributed by atoms with van der Waals surface area (Å²) >= 11 is 7.51. The lowest BCUT2D eigenvalue weighted by atomic mass is 10.2. The van der Waals surface area contributed by atoms with Crippen molar-refractivity contribution in [2.45, 2.75) is 32.1 Å². The predicted molar refractivity (Wildman–Crippen MR) is 79.6 cm³/mol. The summed E-state index contributed by atoms with van der Waals surface area (Å²) in [5.41, 5.74) is 0.674. The summed E-state index contributed by atoms with van der Waals surface area (Å²) in [6, 6.07) is 3.77. The van der Waals surface area contributed by atoms with Gasteiger partial charge in [-0.3, -0.25) is 0 Å². The number of carbonyl (C=O) groups is 1. The van der Waals surface area contributed by atoms with Gasteiger partial charge in [-0.25, -0.2) is 9.78 Å². The third-order valence-electron chi connectivity index (χ3n) is 1.97. The molecule has 0 aliphatic rings. The van der Waals surface area contributed by atoms with E-state index in [1.54, 1.807) is 18.0 Å². The van der Waals surface area contributed by atoms with E-state index in [0.717, 1.165) is 17.1 Å². The van der Waals surface area contributed by atoms with Gasteiger partial charge in [0, 0.05) is 24.2 Å². The number of hydrogen-bond donors (Lipinski definition) is 1. The molecule has 0 aliphatic heterocycles. The third kappa shape index (κ3) is 7.95. The molecule has 0 aromatic carbocycles. The van der Waals surface area contributed by atoms with E-state index in [9.17, 15) is 4.79 Å². The second-order valence-electron chi connectivity index (χ2n) is 4.97. The first-order chi connectivity index (χ1) is 8.87. The summed E-state index contributed by atoms with van der Waals surface area (Å²) in [7, 11) is 0. The highest BCUT2D eigenvalue weighted by Gasteiger charge is 2.15. The first kappa shape index (κ1) is 16.1. The topological polar surface area (TPSA) is 51.2 Å². The second-order valence-corrected chi connectivity index (χ2v) is 6.46. The maximum atomic E-state index is 11.4. The van der Waals surface area contributed by atoms with Crippen molar-refractivity contribution in [2.24, 2.45) is 0 Å². The van der Waals surface area contributed by atoms with Crippen LogP contribution in [0.15, 0.2) is 18.3 Å². The van der Waals surface area contributed by atoms with Crippen LogP contribution in [0.2, 0.25) is 5.15 Å². The molecule has 6 heteroatoms. The number of hydrogen-bond acceptors (Lipinski definition) is 4. The summed E-state index contributed by atoms with van der Waals surface area (Å²) < 4.78 is 5.13. The highest BCUT2D eigenvalue weighted by Crippen LogP contribution is 2.14. The van der Waals surface area contributed by atoms with Crippen LogP contribution in [0.5, 0.6) is 0 Å². The summed E-state index contributed by atoms with van der Waals surface area (Å²) in [5, 5.41) is 3.22. The average molecular weight is 303 g/mol. The Labute approximate surface area is 123 Å². The van der Waals surface area contributed by atoms with Gasteiger partial charge in [-0.05, 0) is 38.5 Å². The van der Waals surface area contributed by atoms with Crippen LogP contribution < -0.4 is 5.32 Å². The van der Waals surface area contributed by atoms with E-state index in [0.29, 0.717) is 11.7 Å². The Balaban J connectivity index is 2.13. The van der Waals surface area contributed by atoms with Gasteiger partial charge in [0.25, 0.3) is 0 Å². The van der Waals surface area contributed by atoms with E-state index in [2.05, 4.69) is 10.3 Å². The van der Waals surface area contributed by atoms with Crippen LogP contribution >= 0.6 is 23.4 Å². The number of pyridine rings is 1. The minimum Gasteiger partial charge on any atom is -0.444 e. The third-order valence-corrected chi connectivity index (χ3v) is 3.21. The summed E-state index contributed by atoms with van der Waals surface area (Å²) in [6.45, 7) is 6.11. The molecular weight excluding hydrogens is 284 g/mol. The Hall–Kier alpha value is -0.940. The Kier molecular flexibility index (Phi) is 6.45. The van der Waals surface area contributed by atoms with Crippen molar-refractivity contribution < 1.29 is 9.53 Å². The number of nitrogens with one attached hydrogen (secondary N) is 1. The maximum Gasteiger partial charge on any atom is 0.407 e. The van der Waals surface area contributed by atoms with Gasteiger partial charge in [0.15, 0.2) is 0 Å². The number of thioether (sulfide) groups is 1. The highest BCUT2D eigenvalue weighted by molar-refractivity contribution is 7.98. The Bertz CT molecular complexity index is 421. The Morgan fingerprint density at radius 3 is 2.89 bits per heavy atom. The average Bonchev–Trinajstić information content (AvgIpc) is 2.26. The predicted octanol–water partition coefficient (Wildman–Crippen LogP) is 3.49. The van der Waals surface area contributed by atoms with Crippen molar-refractivity contribution in [1.29, 1.82) is 0 Å². The normalized spacial score (nSPS) is 11.2. The van der Waals surface area contributed by atoms with Crippen molar-refractivity contribution in [3.8, 4) is 0 Å². The van der Waals surface area contributed by atoms with E-state index in [1.165, 1.54) is 0 Å². The minimum absolute atomic E-state index is 0.375. The molecule has 0 saturated heterocycles. The molecule has 1 aromatic heterocycles. The molecule has 0 atom stereocenters. The first-order valence-electron chi connectivity index (χ1n) is 6.02. The quantitative estimate of drug-likeness (QED) is 0.668. The largest absolute Gasteiger partial charge is 0.444 e. The lowest BCUT2D eigenvalue weighted by molar-refractivity contribution is 0.0531. The van der Waals surface area contributed by atoms with Crippen molar-refractivity contribution in [2.75, 3.05) is 12.3 Å². The van der Waals surface area contributed by atoms with E-state index in [-0.39, 0.29) is 6.09 Å². The van der Waals surface area contributed by atoms with Crippen molar-refractivity contribution >= 4 is 29.5 Å². The number of alkyl carbamates (subject to hydrolysis) is 1. The number of ether oxygens (including phenoxy) is 1. The van der Waals surface area contributed by atoms with Crippen LogP contribution in [0, 0.1) is 0 Å². The van der Waals surface area contributed by atoms with Crippen molar-refractivity contribution in [1.82, 2.24) is 10.3 Å². The Morgan fingerprint density at radius 1 is 1.53 bits per heavy atom. The van der Waals surface area contributed by atoms with Gasteiger partial charge in [0.2, 0.25) is 0 Å². The van der Waals surface area contributed by atoms with Crippen LogP contribution in [0.3, 0.4) is 0 Å². The molecule has 0 fully saturated rings. The molecule has 0 radical (unpaired) electrons. The lowest BCUT2D eigenvalue weighted by Gasteiger charge is -2.19. The van der Waals surface area contributed by atoms with Gasteiger partial charge >= 0.3 is 6.09 Å². The molecule has 106 valence electrons. The molecule has 1 amide bonds. The SMILES string of the molecule is CC(C)(C)OC(=O)NCCSCc1ccnc(Cl)c1. The molecule has 0 spiro atoms. The van der Waals surface area contributed by atoms with E-state index >= 15 is 0 Å². The number of nitrogens with zero attached hydrogens (tertiary/aromatic N) is 1. The fourth-order valence-corrected chi connectivity index (χ4v) is 2.26. The number of rotatable bonds is 5. The van der Waals surface area contributed by atoms with E-state index in [4.69, 9.17) is 16.3 Å². The fraction of sp³-hybridized carbons (Fsp3) is 0.538. The molecule has 0 aliphatic carbocycles. The molecule has 0 saturated carbocycles. The van der Waals surface area contributed by atoms with Gasteiger partial charge in [-0.15, -0.1) is 0 Å². The molecule has 19 heavy (non-hydrogen) atoms. The molecule has 1 N–H and O–H groups in total. The van der Waals surface area contributed by atoms with Crippen LogP contribution in [0.4, 0.5) is 4.79 Å². The second kappa shape index (κ2) is 7.60. The highest BCUT2D eigenvalue weighted by atomic mass is 35.5. The van der Waals surface area contributed by atoms with Crippen molar-refractivity contribution in [3.63, 3.8) is 0 Å². The molecule has 0 bridgehead atoms. The van der Waals surface area contributed by atoms with Crippen LogP contribution in [-0.2, 0) is 10.5 Å². The van der Waals surface area contributed by atoms with E-state index < -0.39 is 5.60 Å². The van der Waals surface area contributed by atoms with Crippen LogP contribution in [0.25, 0.3) is 0 Å². The van der Waals surface area contributed by atoms with Gasteiger partial charge in [0.1, 0.15) is 10.8 Å². The number of amides is 1. The molecule has 4 nitrogen and oxygen atoms in total. The molecule has 1 aromatic rings. The first-order valence-corrected chi connectivity index (χ1v) is 7.55. The molecular formula is C13H19ClN2O2S. The van der Waals surface area contributed by atoms with Crippen LogP contribution in [-0.4, -0.2) is 29.0 Å². The van der Waals surface area contributed by atoms with Gasteiger partial charge in [-0.1, -0.05) is 11.6 Å². The summed E-state index contributed by atoms with van der Waals surface area (Å²) in [6.07, 6.45) is 1.32. The standard InChI is InChI=1S/C13H19ClN2O2S/c1-13(2,3)18-12(17)16-6-7-19-9-10-4-5-15-11(14)8-10/h4-5,8H,6-7,9H2,1-3H3,(H,16,17). The molecule has 0 unspecified atom stereocenters. The monoisotopic (exact) mass is 302 g/mol. The number of aromatic nitrogens is 1. The summed E-state index contributed by atoms with van der Waals surface area (Å²) in [4.78, 5) is 15.3. The molecule has 1 heterocycles. The van der Waals surface area contributed by atoms with Gasteiger partial charge in [0.05, 0.1) is 0 Å².